The second-order valence-corrected chi connectivity index (χ2v) is 36.3. The van der Waals surface area contributed by atoms with E-state index in [2.05, 4.69) is 103 Å². The molecule has 0 radical (unpaired) electrons. The molecule has 1 fully saturated rings. The van der Waals surface area contributed by atoms with Crippen molar-refractivity contribution in [3.05, 3.63) is 126 Å². The number of hydrogen-bond donors (Lipinski definition) is 29. The minimum Gasteiger partial charge on any atom is -0.508 e. The Morgan fingerprint density at radius 1 is 0.421 bits per heavy atom. The van der Waals surface area contributed by atoms with E-state index in [0.29, 0.717) is 29.5 Å². The van der Waals surface area contributed by atoms with Gasteiger partial charge in [0, 0.05) is 51.4 Å². The molecule has 51 heteroatoms. The van der Waals surface area contributed by atoms with Gasteiger partial charge in [-0.25, -0.2) is 4.98 Å². The molecule has 1 aliphatic rings. The number of hydrogen-bond acceptors (Lipinski definition) is 29. The van der Waals surface area contributed by atoms with Crippen LogP contribution in [0.4, 0.5) is 0 Å². The molecule has 1 saturated heterocycles. The number of nitrogens with one attached hydrogen (secondary N) is 17. The van der Waals surface area contributed by atoms with Crippen LogP contribution in [0.2, 0.25) is 0 Å². The van der Waals surface area contributed by atoms with Crippen LogP contribution in [0.1, 0.15) is 171 Å². The number of primary amides is 4. The molecule has 17 atom stereocenters. The number of pyridine rings is 1. The maximum Gasteiger partial charge on any atom is 0.254 e. The Bertz CT molecular complexity index is 5090. The van der Waals surface area contributed by atoms with E-state index in [-0.39, 0.29) is 125 Å². The number of nitrogens with zero attached hydrogens (tertiary/aromatic N) is 2. The van der Waals surface area contributed by atoms with E-state index in [1.165, 1.54) is 68.3 Å². The first kappa shape index (κ1) is 121. The quantitative estimate of drug-likeness (QED) is 0.00845. The average molecular weight is 2050 g/mol. The van der Waals surface area contributed by atoms with E-state index in [9.17, 15) is 116 Å². The normalized spacial score (nSPS) is 15.5. The van der Waals surface area contributed by atoms with Gasteiger partial charge in [-0.05, 0) is 163 Å². The molecule has 0 bridgehead atoms. The zero-order valence-electron chi connectivity index (χ0n) is 81.8. The zero-order valence-corrected chi connectivity index (χ0v) is 82.7. The van der Waals surface area contributed by atoms with Gasteiger partial charge < -0.3 is 151 Å². The Morgan fingerprint density at radius 3 is 1.22 bits per heavy atom. The number of carbonyl (C=O) groups is 20. The van der Waals surface area contributed by atoms with Crippen LogP contribution in [-0.2, 0) is 110 Å². The summed E-state index contributed by atoms with van der Waals surface area (Å²) in [6.45, 7) is 6.78. The maximum atomic E-state index is 14.9. The van der Waals surface area contributed by atoms with E-state index >= 15 is 0 Å². The second-order valence-electron chi connectivity index (χ2n) is 35.8. The summed E-state index contributed by atoms with van der Waals surface area (Å²) >= 11 is 4.27. The van der Waals surface area contributed by atoms with E-state index in [1.54, 1.807) is 74.5 Å². The van der Waals surface area contributed by atoms with Crippen molar-refractivity contribution in [2.24, 2.45) is 52.0 Å². The number of likely N-dealkylation sites (tertiary alicyclic amines) is 1. The summed E-state index contributed by atoms with van der Waals surface area (Å²) in [6.07, 6.45) is -3.83. The minimum absolute atomic E-state index is 0.00719. The van der Waals surface area contributed by atoms with Crippen LogP contribution in [-0.4, -0.2) is 297 Å². The molecule has 50 nitrogen and oxygen atoms in total. The van der Waals surface area contributed by atoms with Crippen molar-refractivity contribution in [1.29, 1.82) is 5.41 Å². The van der Waals surface area contributed by atoms with Gasteiger partial charge in [-0.3, -0.25) is 101 Å². The molecular weight excluding hydrogens is 1910 g/mol. The molecule has 2 heterocycles. The van der Waals surface area contributed by atoms with Gasteiger partial charge in [0.1, 0.15) is 107 Å². The second kappa shape index (κ2) is 62.1. The number of rotatable bonds is 64. The highest BCUT2D eigenvalue weighted by atomic mass is 32.1. The largest absolute Gasteiger partial charge is 0.508 e. The van der Waals surface area contributed by atoms with Gasteiger partial charge in [0.05, 0.1) is 31.3 Å². The molecular formula is C94H140N26O24S. The smallest absolute Gasteiger partial charge is 0.254 e. The highest BCUT2D eigenvalue weighted by Crippen LogP contribution is 2.22. The Hall–Kier alpha value is -14.6. The lowest BCUT2D eigenvalue weighted by molar-refractivity contribution is -0.140. The number of carbonyl (C=O) groups excluding carboxylic acids is 20. The van der Waals surface area contributed by atoms with Crippen LogP contribution in [0.15, 0.2) is 108 Å². The molecule has 0 aliphatic carbocycles. The van der Waals surface area contributed by atoms with Crippen LogP contribution in [0, 0.1) is 17.2 Å². The molecule has 1 aromatic heterocycles. The van der Waals surface area contributed by atoms with E-state index in [0.717, 1.165) is 6.92 Å². The van der Waals surface area contributed by atoms with Crippen molar-refractivity contribution in [1.82, 2.24) is 95.0 Å². The van der Waals surface area contributed by atoms with Gasteiger partial charge in [0.15, 0.2) is 5.96 Å². The number of phenols is 1. The number of nitrogens with two attached hydrogens (primary N) is 7. The summed E-state index contributed by atoms with van der Waals surface area (Å²) in [5.74, 6) is -22.7. The number of thiol groups is 1. The summed E-state index contributed by atoms with van der Waals surface area (Å²) in [6, 6.07) is -1.45. The topological polar surface area (TPSA) is 837 Å². The van der Waals surface area contributed by atoms with Crippen molar-refractivity contribution < 1.29 is 116 Å². The Kier molecular flexibility index (Phi) is 51.8. The third kappa shape index (κ3) is 42.1. The number of aliphatic hydroxyl groups excluding tert-OH is 3. The van der Waals surface area contributed by atoms with E-state index in [1.807, 2.05) is 0 Å². The number of phenolic OH excluding ortho intramolecular Hbond substituents is 1. The van der Waals surface area contributed by atoms with Crippen LogP contribution >= 0.6 is 12.6 Å². The number of benzene rings is 3. The Morgan fingerprint density at radius 2 is 0.793 bits per heavy atom. The first-order chi connectivity index (χ1) is 68.7. The maximum absolute atomic E-state index is 14.9. The number of aliphatic hydroxyl groups is 3. The minimum atomic E-state index is -2.06. The van der Waals surface area contributed by atoms with Gasteiger partial charge in [0.2, 0.25) is 112 Å². The van der Waals surface area contributed by atoms with Crippen LogP contribution < -0.4 is 125 Å². The highest BCUT2D eigenvalue weighted by molar-refractivity contribution is 7.80. The number of unbranched alkanes of at least 4 members (excludes halogenated alkanes) is 2. The number of guanidine groups is 1. The van der Waals surface area contributed by atoms with Crippen molar-refractivity contribution in [3.8, 4) is 5.75 Å². The molecule has 4 aromatic rings. The SMILES string of the molecule is CC(C)C[C@H](NC(=O)[C@H](Cc1ccc(O)cc1)NC(=O)c1cccnc1S)C(=O)N[C@@H](CCC(N)=O)C(=O)N[C@@H](CC(N)=O)C(=O)N[C@H](C(=O)N[C@@H](Cc1ccccc1)C(=O)N[C@@H](CCCCN)C(=O)N[C@H](C(=O)N[C@@H](CO)C(=O)N[C@@H](CCCCN)C(=O)N[C@@H](CCCNC(=N)N)C(=O)N[C@@H](CCC(N)=O)C(=O)N[C@@H](CO)C(=O)N[C@@H](Cc1ccccc1)C(=O)N[C@@H](C)C(=O)N1CCC[C@H]1C(N)=O)C(C)C)[C@@H](C)O. The van der Waals surface area contributed by atoms with Crippen molar-refractivity contribution >= 4 is 137 Å². The van der Waals surface area contributed by atoms with Crippen LogP contribution in [0.25, 0.3) is 0 Å². The van der Waals surface area contributed by atoms with E-state index < -0.39 is 278 Å². The van der Waals surface area contributed by atoms with E-state index in [4.69, 9.17) is 45.5 Å². The molecule has 5 rings (SSSR count). The summed E-state index contributed by atoms with van der Waals surface area (Å²) in [4.78, 5) is 285. The molecule has 0 spiro atoms. The fraction of sp³-hybridized carbons (Fsp3) is 0.532. The van der Waals surface area contributed by atoms with Gasteiger partial charge in [0.25, 0.3) is 5.91 Å². The fourth-order valence-corrected chi connectivity index (χ4v) is 15.6. The Labute approximate surface area is 843 Å². The van der Waals surface area contributed by atoms with Crippen molar-refractivity contribution in [2.75, 3.05) is 39.4 Å². The Balaban J connectivity index is 1.36. The predicted octanol–water partition coefficient (Wildman–Crippen LogP) is -7.82. The van der Waals surface area contributed by atoms with Gasteiger partial charge in [-0.2, -0.15) is 0 Å². The number of aromatic nitrogens is 1. The van der Waals surface area contributed by atoms with Crippen LogP contribution in [0.3, 0.4) is 0 Å². The highest BCUT2D eigenvalue weighted by Gasteiger charge is 2.42. The fourth-order valence-electron chi connectivity index (χ4n) is 15.3. The molecule has 0 unspecified atom stereocenters. The van der Waals surface area contributed by atoms with Gasteiger partial charge in [-0.15, -0.1) is 12.6 Å². The first-order valence-electron chi connectivity index (χ1n) is 47.6. The lowest BCUT2D eigenvalue weighted by Crippen LogP contribution is -2.63. The van der Waals surface area contributed by atoms with Gasteiger partial charge >= 0.3 is 0 Å². The molecule has 20 amide bonds. The number of aromatic hydroxyl groups is 1. The lowest BCUT2D eigenvalue weighted by Gasteiger charge is -2.29. The summed E-state index contributed by atoms with van der Waals surface area (Å²) in [5, 5.41) is 90.1. The molecule has 145 heavy (non-hydrogen) atoms. The summed E-state index contributed by atoms with van der Waals surface area (Å²) < 4.78 is 0. The predicted molar refractivity (Wildman–Crippen MR) is 527 cm³/mol. The van der Waals surface area contributed by atoms with Gasteiger partial charge in [-0.1, -0.05) is 100 Å². The standard InChI is InChI=1S/C94H140N26O24S/c1-49(2)42-63(112-86(138)65(45-55-29-31-56(124)32-30-55)111-77(129)57-24-17-39-103-92(57)145)84(136)110-61(33-35-71(97)125)80(132)114-67(46-73(99)127)87(139)119-75(52(6)123)91(143)115-66(44-54-22-11-8-12-23-54)85(137)107-59(26-14-16-38-96)82(134)118-74(50(3)4)90(142)117-69(48-122)88(140)108-58(25-13-15-37-95)78(130)106-60(27-18-40-104-94(101)102)79(131)109-62(34-36-72(98)126)81(133)116-68(47-121)89(141)113-64(43-53-20-9-7-10-21-53)83(135)105-51(5)93(144)120-41-19-28-70(120)76(100)128/h7-12,17,20-24,29-32,39,49-52,58-70,74-75,121-124H,13-16,18-19,25-28,33-38,40-48,95-96H2,1-6H3,(H2,97,125)(H2,98,126)(H2,99,127)(H2,100,128)(H,103,145)(H,105,135)(H,106,130)(H,107,137)(H,108,140)(H,109,131)(H,110,136)(H,111,129)(H,112,138)(H,113,141)(H,114,132)(H,115,143)(H,116,133)(H,117,142)(H,118,134)(H,119,139)(H4,101,102,104)/t51-,52+,58-,59-,60-,61-,62-,63-,64-,65-,66-,67-,68-,69-,70-,74-,75-/m0/s1. The van der Waals surface area contributed by atoms with Crippen LogP contribution in [0.5, 0.6) is 5.75 Å². The zero-order chi connectivity index (χ0) is 108. The average Bonchev–Trinajstić information content (AvgIpc) is 1.73. The van der Waals surface area contributed by atoms with Crippen molar-refractivity contribution in [3.63, 3.8) is 0 Å². The monoisotopic (exact) mass is 2050 g/mol. The summed E-state index contributed by atoms with van der Waals surface area (Å²) in [7, 11) is 0. The number of amides is 20. The molecule has 796 valence electrons. The first-order valence-corrected chi connectivity index (χ1v) is 48.0. The molecule has 0 saturated carbocycles. The van der Waals surface area contributed by atoms with Crippen molar-refractivity contribution in [2.45, 2.75) is 271 Å². The summed E-state index contributed by atoms with van der Waals surface area (Å²) in [5.41, 5.74) is 40.8. The third-order valence-corrected chi connectivity index (χ3v) is 23.5. The third-order valence-electron chi connectivity index (χ3n) is 23.2. The lowest BCUT2D eigenvalue weighted by atomic mass is 10.00. The molecule has 1 aliphatic heterocycles. The molecule has 3 aromatic carbocycles. The molecule has 35 N–H and O–H groups in total.